The van der Waals surface area contributed by atoms with Crippen molar-refractivity contribution in [3.05, 3.63) is 42.2 Å². The number of aliphatic carboxylic acids is 1. The van der Waals surface area contributed by atoms with Gasteiger partial charge in [0.15, 0.2) is 11.7 Å². The molecular formula is C12H12N4O4. The Morgan fingerprint density at radius 3 is 2.60 bits per heavy atom. The molecule has 2 aromatic rings. The summed E-state index contributed by atoms with van der Waals surface area (Å²) in [5.74, 6) is -2.04. The van der Waals surface area contributed by atoms with Crippen molar-refractivity contribution in [2.45, 2.75) is 6.04 Å². The Morgan fingerprint density at radius 2 is 2.00 bits per heavy atom. The van der Waals surface area contributed by atoms with Crippen LogP contribution in [0.15, 0.2) is 36.5 Å². The van der Waals surface area contributed by atoms with E-state index in [-0.39, 0.29) is 5.69 Å². The molecule has 0 unspecified atom stereocenters. The van der Waals surface area contributed by atoms with Gasteiger partial charge in [-0.3, -0.25) is 4.79 Å². The topological polar surface area (TPSA) is 117 Å². The largest absolute Gasteiger partial charge is 0.480 e. The van der Waals surface area contributed by atoms with Crippen molar-refractivity contribution in [1.82, 2.24) is 20.3 Å². The van der Waals surface area contributed by atoms with Gasteiger partial charge in [0.25, 0.3) is 5.91 Å². The Balaban J connectivity index is 2.13. The minimum atomic E-state index is -1.37. The molecule has 8 nitrogen and oxygen atoms in total. The van der Waals surface area contributed by atoms with Crippen molar-refractivity contribution in [2.24, 2.45) is 0 Å². The van der Waals surface area contributed by atoms with Gasteiger partial charge in [0.1, 0.15) is 0 Å². The number of carboxylic acids is 1. The van der Waals surface area contributed by atoms with Crippen molar-refractivity contribution >= 4 is 11.9 Å². The molecule has 0 aliphatic carbocycles. The van der Waals surface area contributed by atoms with E-state index in [2.05, 4.69) is 15.6 Å². The van der Waals surface area contributed by atoms with Crippen LogP contribution in [-0.4, -0.2) is 49.7 Å². The van der Waals surface area contributed by atoms with Gasteiger partial charge in [-0.2, -0.15) is 0 Å². The normalized spacial score (nSPS) is 11.8. The van der Waals surface area contributed by atoms with Crippen molar-refractivity contribution in [3.8, 4) is 5.69 Å². The summed E-state index contributed by atoms with van der Waals surface area (Å²) in [6, 6.07) is 7.65. The highest BCUT2D eigenvalue weighted by atomic mass is 16.4. The third-order valence-corrected chi connectivity index (χ3v) is 2.53. The van der Waals surface area contributed by atoms with Crippen LogP contribution >= 0.6 is 0 Å². The van der Waals surface area contributed by atoms with Crippen LogP contribution in [-0.2, 0) is 4.79 Å². The SMILES string of the molecule is O=C(N[C@@H](CO)C(=O)O)c1cn(-c2ccccc2)nn1. The van der Waals surface area contributed by atoms with Gasteiger partial charge in [-0.05, 0) is 12.1 Å². The van der Waals surface area contributed by atoms with E-state index >= 15 is 0 Å². The standard InChI is InChI=1S/C12H12N4O4/c17-7-10(12(19)20)13-11(18)9-6-16(15-14-9)8-4-2-1-3-5-8/h1-6,10,17H,7H2,(H,13,18)(H,19,20)/t10-/m0/s1. The van der Waals surface area contributed by atoms with Crippen molar-refractivity contribution in [1.29, 1.82) is 0 Å². The molecule has 0 saturated carbocycles. The molecule has 8 heteroatoms. The second kappa shape index (κ2) is 5.93. The molecule has 1 amide bonds. The summed E-state index contributed by atoms with van der Waals surface area (Å²) in [4.78, 5) is 22.5. The highest BCUT2D eigenvalue weighted by molar-refractivity contribution is 5.94. The van der Waals surface area contributed by atoms with E-state index in [0.29, 0.717) is 0 Å². The molecule has 1 atom stereocenters. The van der Waals surface area contributed by atoms with Gasteiger partial charge in [-0.25, -0.2) is 9.48 Å². The first-order chi connectivity index (χ1) is 9.61. The van der Waals surface area contributed by atoms with Crippen LogP contribution in [0.3, 0.4) is 0 Å². The van der Waals surface area contributed by atoms with Gasteiger partial charge in [-0.1, -0.05) is 23.4 Å². The number of nitrogens with one attached hydrogen (secondary N) is 1. The van der Waals surface area contributed by atoms with E-state index in [9.17, 15) is 9.59 Å². The smallest absolute Gasteiger partial charge is 0.328 e. The fraction of sp³-hybridized carbons (Fsp3) is 0.167. The molecule has 1 heterocycles. The average molecular weight is 276 g/mol. The molecule has 0 bridgehead atoms. The molecule has 0 fully saturated rings. The van der Waals surface area contributed by atoms with Gasteiger partial charge < -0.3 is 15.5 Å². The Labute approximate surface area is 113 Å². The lowest BCUT2D eigenvalue weighted by molar-refractivity contribution is -0.140. The van der Waals surface area contributed by atoms with Crippen LogP contribution in [0.25, 0.3) is 5.69 Å². The molecule has 2 rings (SSSR count). The second-order valence-electron chi connectivity index (χ2n) is 3.93. The first kappa shape index (κ1) is 13.7. The lowest BCUT2D eigenvalue weighted by atomic mass is 10.3. The summed E-state index contributed by atoms with van der Waals surface area (Å²) >= 11 is 0. The molecule has 0 radical (unpaired) electrons. The predicted molar refractivity (Wildman–Crippen MR) is 67.3 cm³/mol. The number of amides is 1. The summed E-state index contributed by atoms with van der Waals surface area (Å²) < 4.78 is 1.39. The molecule has 20 heavy (non-hydrogen) atoms. The van der Waals surface area contributed by atoms with E-state index in [1.165, 1.54) is 10.9 Å². The zero-order valence-corrected chi connectivity index (χ0v) is 10.3. The maximum Gasteiger partial charge on any atom is 0.328 e. The molecule has 0 aliphatic rings. The molecule has 3 N–H and O–H groups in total. The number of aliphatic hydroxyl groups excluding tert-OH is 1. The minimum absolute atomic E-state index is 0.0337. The van der Waals surface area contributed by atoms with Crippen LogP contribution in [0.4, 0.5) is 0 Å². The lowest BCUT2D eigenvalue weighted by Crippen LogP contribution is -2.43. The number of hydrogen-bond donors (Lipinski definition) is 3. The third kappa shape index (κ3) is 2.98. The number of aliphatic hydroxyl groups is 1. The fourth-order valence-corrected chi connectivity index (χ4v) is 1.49. The summed E-state index contributed by atoms with van der Waals surface area (Å²) in [7, 11) is 0. The van der Waals surface area contributed by atoms with E-state index in [0.717, 1.165) is 5.69 Å². The zero-order valence-electron chi connectivity index (χ0n) is 10.3. The number of carbonyl (C=O) groups excluding carboxylic acids is 1. The Kier molecular flexibility index (Phi) is 4.06. The van der Waals surface area contributed by atoms with Crippen molar-refractivity contribution < 1.29 is 19.8 Å². The quantitative estimate of drug-likeness (QED) is 0.674. The maximum atomic E-state index is 11.8. The lowest BCUT2D eigenvalue weighted by Gasteiger charge is -2.09. The van der Waals surface area contributed by atoms with Gasteiger partial charge in [-0.15, -0.1) is 5.10 Å². The Hall–Kier alpha value is -2.74. The molecule has 0 saturated heterocycles. The van der Waals surface area contributed by atoms with E-state index in [4.69, 9.17) is 10.2 Å². The van der Waals surface area contributed by atoms with Gasteiger partial charge >= 0.3 is 5.97 Å². The summed E-state index contributed by atoms with van der Waals surface area (Å²) in [5, 5.41) is 27.2. The Bertz CT molecular complexity index is 611. The number of carboxylic acid groups (broad SMARTS) is 1. The third-order valence-electron chi connectivity index (χ3n) is 2.53. The van der Waals surface area contributed by atoms with Crippen molar-refractivity contribution in [3.63, 3.8) is 0 Å². The maximum absolute atomic E-state index is 11.8. The van der Waals surface area contributed by atoms with Crippen LogP contribution in [0.5, 0.6) is 0 Å². The molecule has 1 aromatic carbocycles. The average Bonchev–Trinajstić information content (AvgIpc) is 2.95. The van der Waals surface area contributed by atoms with Crippen LogP contribution in [0, 0.1) is 0 Å². The first-order valence-electron chi connectivity index (χ1n) is 5.74. The van der Waals surface area contributed by atoms with E-state index < -0.39 is 24.5 Å². The van der Waals surface area contributed by atoms with Crippen LogP contribution < -0.4 is 5.32 Å². The Morgan fingerprint density at radius 1 is 1.30 bits per heavy atom. The van der Waals surface area contributed by atoms with Gasteiger partial charge in [0.05, 0.1) is 18.5 Å². The molecule has 0 aliphatic heterocycles. The monoisotopic (exact) mass is 276 g/mol. The van der Waals surface area contributed by atoms with E-state index in [1.54, 1.807) is 12.1 Å². The van der Waals surface area contributed by atoms with Gasteiger partial charge in [0.2, 0.25) is 0 Å². The summed E-state index contributed by atoms with van der Waals surface area (Å²) in [6.45, 7) is -0.701. The zero-order chi connectivity index (χ0) is 14.5. The number of rotatable bonds is 5. The predicted octanol–water partition coefficient (Wildman–Crippen LogP) is -0.557. The first-order valence-corrected chi connectivity index (χ1v) is 5.74. The second-order valence-corrected chi connectivity index (χ2v) is 3.93. The van der Waals surface area contributed by atoms with Crippen LogP contribution in [0.2, 0.25) is 0 Å². The van der Waals surface area contributed by atoms with Crippen molar-refractivity contribution in [2.75, 3.05) is 6.61 Å². The molecule has 1 aromatic heterocycles. The number of para-hydroxylation sites is 1. The number of benzene rings is 1. The highest BCUT2D eigenvalue weighted by Crippen LogP contribution is 2.05. The van der Waals surface area contributed by atoms with Crippen LogP contribution in [0.1, 0.15) is 10.5 Å². The highest BCUT2D eigenvalue weighted by Gasteiger charge is 2.21. The number of hydrogen-bond acceptors (Lipinski definition) is 5. The molecule has 0 spiro atoms. The number of nitrogens with zero attached hydrogens (tertiary/aromatic N) is 3. The fourth-order valence-electron chi connectivity index (χ4n) is 1.49. The molecule has 104 valence electrons. The molecular weight excluding hydrogens is 264 g/mol. The summed E-state index contributed by atoms with van der Waals surface area (Å²) in [5.41, 5.74) is 0.685. The summed E-state index contributed by atoms with van der Waals surface area (Å²) in [6.07, 6.45) is 1.38. The van der Waals surface area contributed by atoms with Gasteiger partial charge in [0, 0.05) is 0 Å². The number of aromatic nitrogens is 3. The van der Waals surface area contributed by atoms with E-state index in [1.807, 2.05) is 18.2 Å². The minimum Gasteiger partial charge on any atom is -0.480 e. The number of carbonyl (C=O) groups is 2.